The highest BCUT2D eigenvalue weighted by Crippen LogP contribution is 2.43. The van der Waals surface area contributed by atoms with Gasteiger partial charge in [-0.25, -0.2) is 8.78 Å². The minimum Gasteiger partial charge on any atom is -0.508 e. The minimum atomic E-state index is -0.989. The van der Waals surface area contributed by atoms with Crippen molar-refractivity contribution in [1.82, 2.24) is 0 Å². The van der Waals surface area contributed by atoms with Crippen molar-refractivity contribution in [3.05, 3.63) is 172 Å². The molecule has 56 heavy (non-hydrogen) atoms. The quantitative estimate of drug-likeness (QED) is 0.104. The second-order valence-electron chi connectivity index (χ2n) is 13.8. The van der Waals surface area contributed by atoms with Crippen LogP contribution >= 0.6 is 0 Å². The number of aliphatic hydroxyl groups excluding tert-OH is 2. The highest BCUT2D eigenvalue weighted by atomic mass is 19.1. The molecular formula is C45H40F2O9. The van der Waals surface area contributed by atoms with Gasteiger partial charge in [-0.1, -0.05) is 72.8 Å². The molecule has 2 aliphatic rings. The molecule has 0 spiro atoms. The number of halogens is 2. The van der Waals surface area contributed by atoms with E-state index in [0.29, 0.717) is 41.2 Å². The van der Waals surface area contributed by atoms with Crippen LogP contribution < -0.4 is 18.9 Å². The Morgan fingerprint density at radius 3 is 1.70 bits per heavy atom. The second kappa shape index (κ2) is 16.6. The number of fused-ring (bicyclic) bond motifs is 2. The van der Waals surface area contributed by atoms with Gasteiger partial charge in [0, 0.05) is 36.1 Å². The summed E-state index contributed by atoms with van der Waals surface area (Å²) in [6.07, 6.45) is -2.93. The van der Waals surface area contributed by atoms with Gasteiger partial charge in [0.2, 0.25) is 0 Å². The molecule has 11 heteroatoms. The molecule has 0 bridgehead atoms. The van der Waals surface area contributed by atoms with Crippen molar-refractivity contribution in [3.63, 3.8) is 0 Å². The molecule has 2 aliphatic heterocycles. The monoisotopic (exact) mass is 762 g/mol. The molecule has 288 valence electrons. The summed E-state index contributed by atoms with van der Waals surface area (Å²) in [4.78, 5) is 0. The smallest absolute Gasteiger partial charge is 0.165 e. The molecule has 0 aromatic heterocycles. The zero-order valence-electron chi connectivity index (χ0n) is 30.3. The number of ether oxygens (including phenoxy) is 4. The van der Waals surface area contributed by atoms with Crippen molar-refractivity contribution >= 4 is 0 Å². The number of phenolic OH excluding ortho intramolecular Hbond substituents is 3. The first-order chi connectivity index (χ1) is 27.0. The van der Waals surface area contributed by atoms with Crippen molar-refractivity contribution in [2.24, 2.45) is 0 Å². The summed E-state index contributed by atoms with van der Waals surface area (Å²) in [5.41, 5.74) is 5.11. The minimum absolute atomic E-state index is 0.106. The molecule has 0 aliphatic carbocycles. The third-order valence-electron chi connectivity index (χ3n) is 9.57. The SMILES string of the molecule is Cc1cc(OCc2ccccc2)c2c(c1)OC(c1ccc(OCc3ccccc3)c(F)c1)[C@H](O)C2.Oc1cc(O)c2c(c1)OC(c1ccc(O)c(F)c1)[C@H](O)C2. The maximum absolute atomic E-state index is 14.8. The van der Waals surface area contributed by atoms with Crippen LogP contribution in [0, 0.1) is 18.6 Å². The van der Waals surface area contributed by atoms with Crippen LogP contribution in [0.25, 0.3) is 0 Å². The lowest BCUT2D eigenvalue weighted by Gasteiger charge is -2.32. The van der Waals surface area contributed by atoms with Gasteiger partial charge < -0.3 is 44.5 Å². The van der Waals surface area contributed by atoms with Gasteiger partial charge in [-0.2, -0.15) is 0 Å². The number of phenols is 3. The molecule has 0 amide bonds. The van der Waals surface area contributed by atoms with E-state index in [1.165, 1.54) is 24.3 Å². The lowest BCUT2D eigenvalue weighted by Crippen LogP contribution is -2.30. The molecule has 0 fully saturated rings. The van der Waals surface area contributed by atoms with E-state index in [1.54, 1.807) is 12.1 Å². The number of aliphatic hydroxyl groups is 2. The van der Waals surface area contributed by atoms with Crippen molar-refractivity contribution in [1.29, 1.82) is 0 Å². The van der Waals surface area contributed by atoms with Gasteiger partial charge in [0.15, 0.2) is 23.1 Å². The van der Waals surface area contributed by atoms with E-state index in [9.17, 15) is 34.3 Å². The average Bonchev–Trinajstić information content (AvgIpc) is 3.19. The van der Waals surface area contributed by atoms with Crippen LogP contribution in [-0.4, -0.2) is 37.7 Å². The number of hydrogen-bond acceptors (Lipinski definition) is 9. The lowest BCUT2D eigenvalue weighted by atomic mass is 9.93. The average molecular weight is 763 g/mol. The third-order valence-corrected chi connectivity index (χ3v) is 9.57. The molecule has 0 saturated heterocycles. The first-order valence-electron chi connectivity index (χ1n) is 18.0. The second-order valence-corrected chi connectivity index (χ2v) is 13.8. The van der Waals surface area contributed by atoms with Gasteiger partial charge in [0.05, 0.1) is 12.2 Å². The number of rotatable bonds is 8. The molecule has 0 radical (unpaired) electrons. The fraction of sp³-hybridized carbons (Fsp3) is 0.200. The highest BCUT2D eigenvalue weighted by Gasteiger charge is 2.34. The van der Waals surface area contributed by atoms with E-state index in [0.717, 1.165) is 34.4 Å². The maximum atomic E-state index is 14.8. The summed E-state index contributed by atoms with van der Waals surface area (Å²) in [6.45, 7) is 2.67. The van der Waals surface area contributed by atoms with E-state index in [4.69, 9.17) is 18.9 Å². The Morgan fingerprint density at radius 2 is 1.11 bits per heavy atom. The first kappa shape index (κ1) is 38.0. The normalized spacial score (nSPS) is 18.2. The summed E-state index contributed by atoms with van der Waals surface area (Å²) in [6, 6.07) is 34.3. The van der Waals surface area contributed by atoms with Gasteiger partial charge in [0.25, 0.3) is 0 Å². The van der Waals surface area contributed by atoms with Crippen LogP contribution in [0.15, 0.2) is 121 Å². The summed E-state index contributed by atoms with van der Waals surface area (Å²) in [7, 11) is 0. The third kappa shape index (κ3) is 8.64. The first-order valence-corrected chi connectivity index (χ1v) is 18.0. The van der Waals surface area contributed by atoms with E-state index in [-0.39, 0.29) is 36.0 Å². The van der Waals surface area contributed by atoms with Crippen LogP contribution in [0.1, 0.15) is 51.2 Å². The number of hydrogen-bond donors (Lipinski definition) is 5. The van der Waals surface area contributed by atoms with Gasteiger partial charge in [0.1, 0.15) is 54.2 Å². The molecule has 6 aromatic rings. The zero-order chi connectivity index (χ0) is 39.3. The fourth-order valence-electron chi connectivity index (χ4n) is 6.74. The molecule has 9 nitrogen and oxygen atoms in total. The van der Waals surface area contributed by atoms with Crippen LogP contribution in [0.3, 0.4) is 0 Å². The van der Waals surface area contributed by atoms with Crippen molar-refractivity contribution in [3.8, 4) is 40.2 Å². The molecule has 5 N–H and O–H groups in total. The van der Waals surface area contributed by atoms with Crippen molar-refractivity contribution in [2.45, 2.75) is 57.4 Å². The molecule has 6 aromatic carbocycles. The zero-order valence-corrected chi connectivity index (χ0v) is 30.3. The Morgan fingerprint density at radius 1 is 0.571 bits per heavy atom. The van der Waals surface area contributed by atoms with E-state index < -0.39 is 41.8 Å². The maximum Gasteiger partial charge on any atom is 0.165 e. The van der Waals surface area contributed by atoms with E-state index in [1.807, 2.05) is 79.7 Å². The molecule has 4 atom stereocenters. The number of benzene rings is 6. The Kier molecular flexibility index (Phi) is 11.3. The van der Waals surface area contributed by atoms with Crippen molar-refractivity contribution < 1.29 is 53.3 Å². The summed E-state index contributed by atoms with van der Waals surface area (Å²) in [5, 5.41) is 49.5. The molecule has 0 saturated carbocycles. The van der Waals surface area contributed by atoms with Crippen LogP contribution in [0.2, 0.25) is 0 Å². The molecule has 2 unspecified atom stereocenters. The number of aromatic hydroxyl groups is 3. The predicted octanol–water partition coefficient (Wildman–Crippen LogP) is 8.31. The standard InChI is InChI=1S/C30H27FO4.C15H13FO5/c1-20-14-28(34-19-22-10-6-3-7-11-22)24-17-26(32)30(35-29(24)15-20)23-12-13-27(25(31)16-23)33-18-21-8-4-2-5-9-21;16-10-3-7(1-2-11(10)18)15-13(20)6-9-12(19)4-8(17)5-14(9)21-15/h2-16,26,30,32H,17-19H2,1H3;1-5,13,15,17-20H,6H2/t26-,30?;13-,15?/m11/s1. The van der Waals surface area contributed by atoms with E-state index in [2.05, 4.69) is 0 Å². The molecule has 2 heterocycles. The highest BCUT2D eigenvalue weighted by molar-refractivity contribution is 5.52. The number of aryl methyl sites for hydroxylation is 1. The van der Waals surface area contributed by atoms with Crippen LogP contribution in [-0.2, 0) is 26.1 Å². The predicted molar refractivity (Wildman–Crippen MR) is 203 cm³/mol. The molecular weight excluding hydrogens is 722 g/mol. The summed E-state index contributed by atoms with van der Waals surface area (Å²) < 4.78 is 51.8. The van der Waals surface area contributed by atoms with Crippen molar-refractivity contribution in [2.75, 3.05) is 0 Å². The van der Waals surface area contributed by atoms with Gasteiger partial charge in [-0.3, -0.25) is 0 Å². The Bertz CT molecular complexity index is 2300. The van der Waals surface area contributed by atoms with Crippen LogP contribution in [0.4, 0.5) is 8.78 Å². The Labute approximate surface area is 322 Å². The van der Waals surface area contributed by atoms with Crippen LogP contribution in [0.5, 0.6) is 40.2 Å². The largest absolute Gasteiger partial charge is 0.508 e. The Balaban J connectivity index is 0.000000195. The Hall–Kier alpha value is -6.30. The summed E-state index contributed by atoms with van der Waals surface area (Å²) in [5.74, 6) is -0.390. The van der Waals surface area contributed by atoms with Gasteiger partial charge >= 0.3 is 0 Å². The molecule has 8 rings (SSSR count). The van der Waals surface area contributed by atoms with Gasteiger partial charge in [-0.05, 0) is 71.1 Å². The van der Waals surface area contributed by atoms with Gasteiger partial charge in [-0.15, -0.1) is 0 Å². The fourth-order valence-corrected chi connectivity index (χ4v) is 6.74. The topological polar surface area (TPSA) is 138 Å². The van der Waals surface area contributed by atoms with E-state index >= 15 is 0 Å². The summed E-state index contributed by atoms with van der Waals surface area (Å²) >= 11 is 0. The lowest BCUT2D eigenvalue weighted by molar-refractivity contribution is 0.0194.